The predicted molar refractivity (Wildman–Crippen MR) is 108 cm³/mol. The Morgan fingerprint density at radius 1 is 1.04 bits per heavy atom. The molecule has 0 unspecified atom stereocenters. The van der Waals surface area contributed by atoms with E-state index in [1.807, 2.05) is 6.07 Å². The fourth-order valence-corrected chi connectivity index (χ4v) is 6.17. The average Bonchev–Trinajstić information content (AvgIpc) is 3.26. The van der Waals surface area contributed by atoms with E-state index < -0.39 is 0 Å². The average molecular weight is 386 g/mol. The maximum absolute atomic E-state index is 13.3. The maximum atomic E-state index is 13.3. The van der Waals surface area contributed by atoms with Gasteiger partial charge in [0, 0.05) is 25.7 Å². The first-order chi connectivity index (χ1) is 13.1. The van der Waals surface area contributed by atoms with Crippen molar-refractivity contribution in [1.82, 2.24) is 9.88 Å². The molecule has 1 amide bonds. The van der Waals surface area contributed by atoms with E-state index in [1.54, 1.807) is 11.3 Å². The van der Waals surface area contributed by atoms with Gasteiger partial charge in [0.05, 0.1) is 21.7 Å². The predicted octanol–water partition coefficient (Wildman–Crippen LogP) is 3.42. The molecule has 5 rings (SSSR count). The second-order valence-corrected chi connectivity index (χ2v) is 9.45. The van der Waals surface area contributed by atoms with Gasteiger partial charge in [0.2, 0.25) is 5.91 Å². The molecule has 1 saturated carbocycles. The minimum atomic E-state index is -0.162. The van der Waals surface area contributed by atoms with Crippen LogP contribution in [-0.4, -0.2) is 52.7 Å². The summed E-state index contributed by atoms with van der Waals surface area (Å²) >= 11 is 1.75. The van der Waals surface area contributed by atoms with Crippen molar-refractivity contribution in [2.24, 2.45) is 5.41 Å². The molecule has 1 aromatic heterocycles. The topological polar surface area (TPSA) is 56.7 Å². The zero-order valence-corrected chi connectivity index (χ0v) is 16.5. The lowest BCUT2D eigenvalue weighted by Gasteiger charge is -2.39. The Balaban J connectivity index is 1.26. The van der Waals surface area contributed by atoms with Crippen molar-refractivity contribution in [1.29, 1.82) is 0 Å². The molecule has 27 heavy (non-hydrogen) atoms. The maximum Gasteiger partial charge on any atom is 0.229 e. The van der Waals surface area contributed by atoms with Gasteiger partial charge in [-0.3, -0.25) is 4.79 Å². The number of aliphatic hydroxyl groups is 1. The number of aliphatic hydroxyl groups excluding tert-OH is 1. The number of hydrogen-bond donors (Lipinski definition) is 1. The highest BCUT2D eigenvalue weighted by Gasteiger charge is 2.50. The molecule has 1 N–H and O–H groups in total. The minimum Gasteiger partial charge on any atom is -0.393 e. The second-order valence-electron chi connectivity index (χ2n) is 8.44. The normalized spacial score (nSPS) is 28.4. The summed E-state index contributed by atoms with van der Waals surface area (Å²) in [6.07, 6.45) is 6.31. The third-order valence-corrected chi connectivity index (χ3v) is 8.02. The zero-order chi connectivity index (χ0) is 18.4. The van der Waals surface area contributed by atoms with Gasteiger partial charge < -0.3 is 14.9 Å². The van der Waals surface area contributed by atoms with Gasteiger partial charge in [-0.15, -0.1) is 0 Å². The van der Waals surface area contributed by atoms with Gasteiger partial charge >= 0.3 is 0 Å². The lowest BCUT2D eigenvalue weighted by atomic mass is 9.77. The molecule has 3 fully saturated rings. The molecule has 6 heteroatoms. The zero-order valence-electron chi connectivity index (χ0n) is 15.6. The van der Waals surface area contributed by atoms with Gasteiger partial charge in [-0.05, 0) is 57.1 Å². The van der Waals surface area contributed by atoms with Gasteiger partial charge in [-0.1, -0.05) is 23.5 Å². The molecule has 2 aliphatic heterocycles. The van der Waals surface area contributed by atoms with Crippen molar-refractivity contribution in [3.8, 4) is 0 Å². The number of rotatable bonds is 2. The van der Waals surface area contributed by atoms with Crippen LogP contribution in [0, 0.1) is 5.41 Å². The summed E-state index contributed by atoms with van der Waals surface area (Å²) in [5.74, 6) is 0.382. The smallest absolute Gasteiger partial charge is 0.229 e. The Hall–Kier alpha value is -1.66. The van der Waals surface area contributed by atoms with Crippen molar-refractivity contribution in [2.45, 2.75) is 57.1 Å². The molecule has 144 valence electrons. The van der Waals surface area contributed by atoms with Crippen LogP contribution >= 0.6 is 11.3 Å². The molecule has 2 aromatic rings. The number of para-hydroxylation sites is 1. The van der Waals surface area contributed by atoms with E-state index in [9.17, 15) is 9.90 Å². The Morgan fingerprint density at radius 2 is 1.74 bits per heavy atom. The minimum absolute atomic E-state index is 0.150. The molecule has 0 radical (unpaired) electrons. The van der Waals surface area contributed by atoms with Crippen LogP contribution in [0.5, 0.6) is 0 Å². The molecular weight excluding hydrogens is 358 g/mol. The summed E-state index contributed by atoms with van der Waals surface area (Å²) in [5.41, 5.74) is 0.920. The van der Waals surface area contributed by atoms with Crippen molar-refractivity contribution >= 4 is 32.6 Å². The van der Waals surface area contributed by atoms with Crippen LogP contribution in [0.4, 0.5) is 5.13 Å². The largest absolute Gasteiger partial charge is 0.393 e. The number of aromatic nitrogens is 1. The number of piperidine rings is 1. The summed E-state index contributed by atoms with van der Waals surface area (Å²) < 4.78 is 1.23. The molecule has 3 heterocycles. The number of carbonyl (C=O) groups is 1. The number of hydrogen-bond acceptors (Lipinski definition) is 5. The number of carbonyl (C=O) groups excluding carboxylic acids is 1. The standard InChI is InChI=1S/C21H27N3O2S/c25-16-7-5-15(6-8-16)24-14-11-21(19(24)26)9-12-23(13-10-21)20-22-17-3-1-2-4-18(17)27-20/h1-4,15-16,25H,5-14H2/t15-,16-. The fraction of sp³-hybridized carbons (Fsp3) is 0.619. The molecule has 1 aromatic carbocycles. The van der Waals surface area contributed by atoms with E-state index >= 15 is 0 Å². The summed E-state index contributed by atoms with van der Waals surface area (Å²) in [5, 5.41) is 10.8. The van der Waals surface area contributed by atoms with E-state index in [1.165, 1.54) is 4.70 Å². The molecule has 3 aliphatic rings. The monoisotopic (exact) mass is 385 g/mol. The summed E-state index contributed by atoms with van der Waals surface area (Å²) in [6.45, 7) is 2.74. The van der Waals surface area contributed by atoms with Crippen LogP contribution in [0.2, 0.25) is 0 Å². The molecular formula is C21H27N3O2S. The molecule has 2 saturated heterocycles. The lowest BCUT2D eigenvalue weighted by Crippen LogP contribution is -2.47. The van der Waals surface area contributed by atoms with E-state index in [4.69, 9.17) is 4.98 Å². The number of likely N-dealkylation sites (tertiary alicyclic amines) is 1. The third kappa shape index (κ3) is 3.03. The van der Waals surface area contributed by atoms with E-state index in [-0.39, 0.29) is 11.5 Å². The molecule has 0 atom stereocenters. The van der Waals surface area contributed by atoms with Crippen molar-refractivity contribution in [2.75, 3.05) is 24.5 Å². The Morgan fingerprint density at radius 3 is 2.48 bits per heavy atom. The van der Waals surface area contributed by atoms with Crippen molar-refractivity contribution < 1.29 is 9.90 Å². The second kappa shape index (κ2) is 6.74. The first-order valence-corrected chi connectivity index (χ1v) is 11.1. The molecule has 1 aliphatic carbocycles. The van der Waals surface area contributed by atoms with Gasteiger partial charge in [-0.2, -0.15) is 0 Å². The molecule has 0 bridgehead atoms. The first kappa shape index (κ1) is 17.4. The summed E-state index contributed by atoms with van der Waals surface area (Å²) in [4.78, 5) is 22.6. The van der Waals surface area contributed by atoms with Crippen LogP contribution in [0.3, 0.4) is 0 Å². The van der Waals surface area contributed by atoms with Crippen LogP contribution in [0.15, 0.2) is 24.3 Å². The fourth-order valence-electron chi connectivity index (χ4n) is 5.15. The Kier molecular flexibility index (Phi) is 4.36. The van der Waals surface area contributed by atoms with E-state index in [0.29, 0.717) is 11.9 Å². The van der Waals surface area contributed by atoms with Gasteiger partial charge in [-0.25, -0.2) is 4.98 Å². The van der Waals surface area contributed by atoms with Crippen molar-refractivity contribution in [3.05, 3.63) is 24.3 Å². The van der Waals surface area contributed by atoms with Crippen LogP contribution < -0.4 is 4.90 Å². The van der Waals surface area contributed by atoms with Crippen molar-refractivity contribution in [3.63, 3.8) is 0 Å². The lowest BCUT2D eigenvalue weighted by molar-refractivity contribution is -0.139. The molecule has 1 spiro atoms. The van der Waals surface area contributed by atoms with Crippen LogP contribution in [-0.2, 0) is 4.79 Å². The first-order valence-electron chi connectivity index (χ1n) is 10.2. The summed E-state index contributed by atoms with van der Waals surface area (Å²) in [6, 6.07) is 8.64. The number of nitrogens with zero attached hydrogens (tertiary/aromatic N) is 3. The SMILES string of the molecule is O=C1N([C@H]2CC[C@H](O)CC2)CCC12CCN(c1nc3ccccc3s1)CC2. The highest BCUT2D eigenvalue weighted by molar-refractivity contribution is 7.22. The van der Waals surface area contributed by atoms with Gasteiger partial charge in [0.25, 0.3) is 0 Å². The number of amides is 1. The van der Waals surface area contributed by atoms with E-state index in [0.717, 1.165) is 75.2 Å². The van der Waals surface area contributed by atoms with Crippen LogP contribution in [0.1, 0.15) is 44.9 Å². The van der Waals surface area contributed by atoms with Crippen LogP contribution in [0.25, 0.3) is 10.2 Å². The van der Waals surface area contributed by atoms with Gasteiger partial charge in [0.1, 0.15) is 0 Å². The van der Waals surface area contributed by atoms with E-state index in [2.05, 4.69) is 28.0 Å². The Bertz CT molecular complexity index is 802. The number of fused-ring (bicyclic) bond motifs is 1. The Labute approximate surface area is 164 Å². The number of thiazole rings is 1. The highest BCUT2D eigenvalue weighted by atomic mass is 32.1. The number of benzene rings is 1. The molecule has 5 nitrogen and oxygen atoms in total. The highest BCUT2D eigenvalue weighted by Crippen LogP contribution is 2.45. The quantitative estimate of drug-likeness (QED) is 0.861. The summed E-state index contributed by atoms with van der Waals surface area (Å²) in [7, 11) is 0. The van der Waals surface area contributed by atoms with Gasteiger partial charge in [0.15, 0.2) is 5.13 Å². The number of anilines is 1. The third-order valence-electron chi connectivity index (χ3n) is 6.93.